The van der Waals surface area contributed by atoms with Crippen molar-refractivity contribution in [2.75, 3.05) is 13.6 Å². The maximum Gasteiger partial charge on any atom is 0.170 e. The second-order valence-electron chi connectivity index (χ2n) is 5.64. The molecule has 0 atom stereocenters. The summed E-state index contributed by atoms with van der Waals surface area (Å²) in [6.45, 7) is 1.95. The van der Waals surface area contributed by atoms with E-state index < -0.39 is 0 Å². The molecule has 0 saturated heterocycles. The molecule has 0 aliphatic heterocycles. The molecule has 1 aliphatic carbocycles. The molecule has 5 heteroatoms. The fourth-order valence-corrected chi connectivity index (χ4v) is 3.12. The largest absolute Gasteiger partial charge is 0.409 e. The third kappa shape index (κ3) is 3.87. The zero-order valence-corrected chi connectivity index (χ0v) is 12.6. The number of nitrogens with two attached hydrogens (primary N) is 1. The first-order valence-electron chi connectivity index (χ1n) is 7.05. The van der Waals surface area contributed by atoms with Crippen molar-refractivity contribution in [3.8, 4) is 0 Å². The number of nitrogens with zero attached hydrogens (tertiary/aromatic N) is 2. The van der Waals surface area contributed by atoms with Gasteiger partial charge in [-0.25, -0.2) is 0 Å². The van der Waals surface area contributed by atoms with Crippen molar-refractivity contribution < 1.29 is 5.21 Å². The molecular formula is C15H22ClN3O. The molecule has 110 valence electrons. The Hall–Kier alpha value is -1.26. The molecule has 0 aromatic heterocycles. The van der Waals surface area contributed by atoms with Crippen LogP contribution in [0, 0.1) is 5.92 Å². The topological polar surface area (TPSA) is 61.8 Å². The zero-order chi connectivity index (χ0) is 14.5. The second kappa shape index (κ2) is 6.95. The van der Waals surface area contributed by atoms with Gasteiger partial charge < -0.3 is 15.8 Å². The monoisotopic (exact) mass is 295 g/mol. The van der Waals surface area contributed by atoms with Crippen molar-refractivity contribution in [2.24, 2.45) is 16.8 Å². The third-order valence-electron chi connectivity index (χ3n) is 3.94. The molecule has 1 aromatic rings. The maximum absolute atomic E-state index is 8.66. The van der Waals surface area contributed by atoms with Crippen molar-refractivity contribution in [2.45, 2.75) is 32.2 Å². The van der Waals surface area contributed by atoms with Crippen LogP contribution in [0.5, 0.6) is 0 Å². The smallest absolute Gasteiger partial charge is 0.170 e. The van der Waals surface area contributed by atoms with Gasteiger partial charge in [-0.05, 0) is 37.4 Å². The van der Waals surface area contributed by atoms with E-state index in [2.05, 4.69) is 17.1 Å². The normalized spacial score (nSPS) is 17.1. The highest BCUT2D eigenvalue weighted by molar-refractivity contribution is 6.31. The van der Waals surface area contributed by atoms with E-state index in [1.165, 1.54) is 25.7 Å². The van der Waals surface area contributed by atoms with Crippen LogP contribution in [0.2, 0.25) is 5.02 Å². The molecule has 0 amide bonds. The molecule has 1 fully saturated rings. The Labute approximate surface area is 125 Å². The molecule has 4 nitrogen and oxygen atoms in total. The number of amidine groups is 1. The maximum atomic E-state index is 8.66. The van der Waals surface area contributed by atoms with Gasteiger partial charge in [-0.1, -0.05) is 41.7 Å². The van der Waals surface area contributed by atoms with Gasteiger partial charge in [0.1, 0.15) is 0 Å². The van der Waals surface area contributed by atoms with Crippen molar-refractivity contribution >= 4 is 17.4 Å². The van der Waals surface area contributed by atoms with Crippen molar-refractivity contribution in [3.05, 3.63) is 34.3 Å². The minimum absolute atomic E-state index is 0.0813. The van der Waals surface area contributed by atoms with Gasteiger partial charge in [-0.15, -0.1) is 0 Å². The SMILES string of the molecule is CN(Cc1ccc(/C(N)=N/O)cc1Cl)CC1CCCC1. The average molecular weight is 296 g/mol. The summed E-state index contributed by atoms with van der Waals surface area (Å²) in [5.41, 5.74) is 7.26. The fourth-order valence-electron chi connectivity index (χ4n) is 2.88. The van der Waals surface area contributed by atoms with E-state index in [0.717, 1.165) is 24.6 Å². The number of halogens is 1. The van der Waals surface area contributed by atoms with Crippen LogP contribution in [0.1, 0.15) is 36.8 Å². The Morgan fingerprint density at radius 3 is 2.75 bits per heavy atom. The van der Waals surface area contributed by atoms with Gasteiger partial charge in [0.15, 0.2) is 5.84 Å². The zero-order valence-electron chi connectivity index (χ0n) is 11.8. The van der Waals surface area contributed by atoms with E-state index in [1.807, 2.05) is 12.1 Å². The van der Waals surface area contributed by atoms with Crippen LogP contribution in [0.4, 0.5) is 0 Å². The minimum atomic E-state index is 0.0813. The van der Waals surface area contributed by atoms with E-state index in [9.17, 15) is 0 Å². The number of hydrogen-bond acceptors (Lipinski definition) is 3. The van der Waals surface area contributed by atoms with Gasteiger partial charge in [0.25, 0.3) is 0 Å². The van der Waals surface area contributed by atoms with E-state index in [0.29, 0.717) is 10.6 Å². The standard InChI is InChI=1S/C15H22ClN3O/c1-19(9-11-4-2-3-5-11)10-13-7-6-12(8-14(13)16)15(17)18-20/h6-8,11,20H,2-5,9-10H2,1H3,(H2,17,18). The Balaban J connectivity index is 1.98. The average Bonchev–Trinajstić information content (AvgIpc) is 2.93. The van der Waals surface area contributed by atoms with E-state index >= 15 is 0 Å². The van der Waals surface area contributed by atoms with Crippen molar-refractivity contribution in [1.82, 2.24) is 4.90 Å². The Kier molecular flexibility index (Phi) is 5.26. The van der Waals surface area contributed by atoms with Gasteiger partial charge in [0.2, 0.25) is 0 Å². The lowest BCUT2D eigenvalue weighted by molar-refractivity contribution is 0.271. The summed E-state index contributed by atoms with van der Waals surface area (Å²) < 4.78 is 0. The predicted octanol–water partition coefficient (Wildman–Crippen LogP) is 3.06. The molecule has 0 heterocycles. The minimum Gasteiger partial charge on any atom is -0.409 e. The van der Waals surface area contributed by atoms with E-state index in [-0.39, 0.29) is 5.84 Å². The third-order valence-corrected chi connectivity index (χ3v) is 4.29. The van der Waals surface area contributed by atoms with E-state index in [1.54, 1.807) is 6.07 Å². The summed E-state index contributed by atoms with van der Waals surface area (Å²) in [6, 6.07) is 5.52. The van der Waals surface area contributed by atoms with E-state index in [4.69, 9.17) is 22.5 Å². The Morgan fingerprint density at radius 1 is 1.45 bits per heavy atom. The number of hydrogen-bond donors (Lipinski definition) is 2. The van der Waals surface area contributed by atoms with Gasteiger partial charge in [0.05, 0.1) is 0 Å². The molecule has 0 spiro atoms. The van der Waals surface area contributed by atoms with Crippen LogP contribution in [0.15, 0.2) is 23.4 Å². The summed E-state index contributed by atoms with van der Waals surface area (Å²) in [7, 11) is 2.13. The Bertz CT molecular complexity index is 484. The molecule has 1 aliphatic rings. The highest BCUT2D eigenvalue weighted by atomic mass is 35.5. The molecule has 1 saturated carbocycles. The predicted molar refractivity (Wildman–Crippen MR) is 82.3 cm³/mol. The summed E-state index contributed by atoms with van der Waals surface area (Å²) in [4.78, 5) is 2.32. The van der Waals surface area contributed by atoms with Gasteiger partial charge in [0, 0.05) is 23.7 Å². The summed E-state index contributed by atoms with van der Waals surface area (Å²) in [5.74, 6) is 0.910. The van der Waals surface area contributed by atoms with Gasteiger partial charge >= 0.3 is 0 Å². The molecule has 20 heavy (non-hydrogen) atoms. The highest BCUT2D eigenvalue weighted by Gasteiger charge is 2.17. The summed E-state index contributed by atoms with van der Waals surface area (Å²) in [6.07, 6.45) is 5.43. The van der Waals surface area contributed by atoms with Crippen LogP contribution in [0.3, 0.4) is 0 Å². The first-order valence-corrected chi connectivity index (χ1v) is 7.43. The molecule has 2 rings (SSSR count). The van der Waals surface area contributed by atoms with Crippen LogP contribution in [0.25, 0.3) is 0 Å². The fraction of sp³-hybridized carbons (Fsp3) is 0.533. The lowest BCUT2D eigenvalue weighted by Crippen LogP contribution is -2.24. The lowest BCUT2D eigenvalue weighted by atomic mass is 10.1. The van der Waals surface area contributed by atoms with Crippen LogP contribution >= 0.6 is 11.6 Å². The molecular weight excluding hydrogens is 274 g/mol. The quantitative estimate of drug-likeness (QED) is 0.380. The van der Waals surface area contributed by atoms with Crippen LogP contribution in [-0.2, 0) is 6.54 Å². The first-order chi connectivity index (χ1) is 9.60. The number of oxime groups is 1. The number of rotatable bonds is 5. The van der Waals surface area contributed by atoms with Gasteiger partial charge in [-0.3, -0.25) is 0 Å². The molecule has 3 N–H and O–H groups in total. The lowest BCUT2D eigenvalue weighted by Gasteiger charge is -2.21. The molecule has 0 radical (unpaired) electrons. The number of benzene rings is 1. The molecule has 0 unspecified atom stereocenters. The summed E-state index contributed by atoms with van der Waals surface area (Å²) >= 11 is 6.27. The Morgan fingerprint density at radius 2 is 2.15 bits per heavy atom. The van der Waals surface area contributed by atoms with Crippen molar-refractivity contribution in [3.63, 3.8) is 0 Å². The molecule has 0 bridgehead atoms. The summed E-state index contributed by atoms with van der Waals surface area (Å²) in [5, 5.41) is 12.3. The van der Waals surface area contributed by atoms with Gasteiger partial charge in [-0.2, -0.15) is 0 Å². The first kappa shape index (κ1) is 15.1. The van der Waals surface area contributed by atoms with Crippen molar-refractivity contribution in [1.29, 1.82) is 0 Å². The van der Waals surface area contributed by atoms with Crippen LogP contribution in [-0.4, -0.2) is 29.5 Å². The highest BCUT2D eigenvalue weighted by Crippen LogP contribution is 2.26. The molecule has 1 aromatic carbocycles. The second-order valence-corrected chi connectivity index (χ2v) is 6.05. The van der Waals surface area contributed by atoms with Crippen LogP contribution < -0.4 is 5.73 Å².